The molecule has 0 aliphatic carbocycles. The van der Waals surface area contributed by atoms with Gasteiger partial charge in [-0.1, -0.05) is 141 Å². The predicted molar refractivity (Wildman–Crippen MR) is 269 cm³/mol. The Morgan fingerprint density at radius 2 is 1.05 bits per heavy atom. The molecule has 2 aromatic heterocycles. The van der Waals surface area contributed by atoms with Crippen molar-refractivity contribution in [2.24, 2.45) is 0 Å². The van der Waals surface area contributed by atoms with Gasteiger partial charge in [0.15, 0.2) is 0 Å². The van der Waals surface area contributed by atoms with Gasteiger partial charge in [-0.2, -0.15) is 0 Å². The lowest BCUT2D eigenvalue weighted by molar-refractivity contribution is 0.589. The third-order valence-electron chi connectivity index (χ3n) is 12.5. The monoisotopic (exact) mass is 876 g/mol. The lowest BCUT2D eigenvalue weighted by atomic mass is 9.83. The van der Waals surface area contributed by atoms with E-state index in [4.69, 9.17) is 4.98 Å². The molecule has 9 aromatic rings. The highest BCUT2D eigenvalue weighted by Gasteiger charge is 2.26. The molecule has 0 N–H and O–H groups in total. The zero-order valence-corrected chi connectivity index (χ0v) is 39.6. The maximum Gasteiger partial charge on any atom is 0.146 e. The van der Waals surface area contributed by atoms with Crippen molar-refractivity contribution in [2.45, 2.75) is 92.4 Å². The number of para-hydroxylation sites is 2. The summed E-state index contributed by atoms with van der Waals surface area (Å²) in [7, 11) is 0. The van der Waals surface area contributed by atoms with Gasteiger partial charge < -0.3 is 9.47 Å². The summed E-state index contributed by atoms with van der Waals surface area (Å²) in [6.45, 7) is 24.9. The van der Waals surface area contributed by atoms with Crippen molar-refractivity contribution >= 4 is 65.8 Å². The van der Waals surface area contributed by atoms with E-state index in [0.717, 1.165) is 55.3 Å². The number of imidazole rings is 1. The van der Waals surface area contributed by atoms with E-state index < -0.39 is 0 Å². The lowest BCUT2D eigenvalue weighted by Crippen LogP contribution is -2.14. The molecule has 0 spiro atoms. The molecule has 0 fully saturated rings. The zero-order valence-electron chi connectivity index (χ0n) is 38.0. The van der Waals surface area contributed by atoms with E-state index in [1.165, 1.54) is 49.6 Å². The third kappa shape index (κ3) is 7.24. The second-order valence-electron chi connectivity index (χ2n) is 20.1. The van der Waals surface area contributed by atoms with Crippen molar-refractivity contribution < 1.29 is 0 Å². The molecule has 62 heavy (non-hydrogen) atoms. The van der Waals surface area contributed by atoms with E-state index in [1.807, 2.05) is 0 Å². The minimum absolute atomic E-state index is 0.0182. The highest BCUT2D eigenvalue weighted by Crippen LogP contribution is 2.45. The summed E-state index contributed by atoms with van der Waals surface area (Å²) in [6, 6.07) is 53.6. The van der Waals surface area contributed by atoms with Gasteiger partial charge in [-0.25, -0.2) is 4.98 Å². The standard InChI is InChI=1S/C57H57BrN4/c1-36-32-40(57(9,10)11)33-37(2)52(36)54-59-46-34-39(56(6,7)8)28-31-49(46)62(54)51-25-17-24-50(53(51)58)60(41-29-26-38(27-30-41)55(3,4)5)42-18-16-19-43(35-42)61-47-22-14-12-20-44(47)45-21-13-15-23-48(45)61/h12-35H,1-11H3. The number of hydrogen-bond donors (Lipinski definition) is 0. The molecule has 0 unspecified atom stereocenters. The molecule has 9 rings (SSSR count). The van der Waals surface area contributed by atoms with Crippen LogP contribution < -0.4 is 4.90 Å². The Morgan fingerprint density at radius 1 is 0.484 bits per heavy atom. The van der Waals surface area contributed by atoms with E-state index in [2.05, 4.69) is 252 Å². The smallest absolute Gasteiger partial charge is 0.146 e. The SMILES string of the molecule is Cc1cc(C(C)(C)C)cc(C)c1-c1nc2cc(C(C)(C)C)ccc2n1-c1cccc(N(c2ccc(C(C)(C)C)cc2)c2cccc(-n3c4ccccc4c4ccccc43)c2)c1Br. The molecule has 7 aromatic carbocycles. The topological polar surface area (TPSA) is 26.0 Å². The average molecular weight is 878 g/mol. The molecule has 0 amide bonds. The summed E-state index contributed by atoms with van der Waals surface area (Å²) in [5.74, 6) is 0.939. The van der Waals surface area contributed by atoms with Crippen LogP contribution in [0.25, 0.3) is 55.6 Å². The Bertz CT molecular complexity index is 3080. The first-order valence-corrected chi connectivity index (χ1v) is 22.6. The van der Waals surface area contributed by atoms with Gasteiger partial charge in [-0.05, 0) is 141 Å². The summed E-state index contributed by atoms with van der Waals surface area (Å²) in [5, 5.41) is 2.49. The van der Waals surface area contributed by atoms with Crippen molar-refractivity contribution in [1.29, 1.82) is 0 Å². The van der Waals surface area contributed by atoms with Crippen LogP contribution in [0.4, 0.5) is 17.1 Å². The highest BCUT2D eigenvalue weighted by molar-refractivity contribution is 9.10. The maximum atomic E-state index is 5.53. The number of fused-ring (bicyclic) bond motifs is 4. The number of nitrogens with zero attached hydrogens (tertiary/aromatic N) is 4. The van der Waals surface area contributed by atoms with E-state index in [0.29, 0.717) is 0 Å². The number of aromatic nitrogens is 3. The van der Waals surface area contributed by atoms with Crippen LogP contribution in [0.15, 0.2) is 150 Å². The van der Waals surface area contributed by atoms with Crippen LogP contribution in [0.5, 0.6) is 0 Å². The zero-order chi connectivity index (χ0) is 43.9. The molecular weight excluding hydrogens is 821 g/mol. The summed E-state index contributed by atoms with van der Waals surface area (Å²) in [4.78, 5) is 7.92. The second-order valence-corrected chi connectivity index (χ2v) is 20.9. The van der Waals surface area contributed by atoms with Crippen molar-refractivity contribution in [1.82, 2.24) is 14.1 Å². The second kappa shape index (κ2) is 15.2. The molecule has 0 atom stereocenters. The van der Waals surface area contributed by atoms with Gasteiger partial charge in [0.25, 0.3) is 0 Å². The molecule has 5 heteroatoms. The molecule has 0 bridgehead atoms. The summed E-state index contributed by atoms with van der Waals surface area (Å²) < 4.78 is 5.74. The van der Waals surface area contributed by atoms with Gasteiger partial charge in [0, 0.05) is 33.4 Å². The number of benzene rings is 7. The van der Waals surface area contributed by atoms with Gasteiger partial charge in [0.1, 0.15) is 5.82 Å². The van der Waals surface area contributed by atoms with E-state index in [1.54, 1.807) is 0 Å². The fraction of sp³-hybridized carbons (Fsp3) is 0.246. The van der Waals surface area contributed by atoms with Gasteiger partial charge in [-0.3, -0.25) is 4.57 Å². The number of hydrogen-bond acceptors (Lipinski definition) is 2. The molecular formula is C57H57BrN4. The molecule has 0 saturated heterocycles. The minimum Gasteiger partial charge on any atom is -0.309 e. The van der Waals surface area contributed by atoms with Gasteiger partial charge in [0.2, 0.25) is 0 Å². The van der Waals surface area contributed by atoms with Crippen LogP contribution >= 0.6 is 15.9 Å². The van der Waals surface area contributed by atoms with Gasteiger partial charge in [-0.15, -0.1) is 0 Å². The molecule has 312 valence electrons. The fourth-order valence-corrected chi connectivity index (χ4v) is 9.69. The fourth-order valence-electron chi connectivity index (χ4n) is 9.07. The molecule has 2 heterocycles. The first-order valence-electron chi connectivity index (χ1n) is 21.8. The average Bonchev–Trinajstić information content (AvgIpc) is 3.76. The Balaban J connectivity index is 1.29. The van der Waals surface area contributed by atoms with Crippen LogP contribution in [0.1, 0.15) is 90.1 Å². The molecule has 0 radical (unpaired) electrons. The van der Waals surface area contributed by atoms with Gasteiger partial charge >= 0.3 is 0 Å². The lowest BCUT2D eigenvalue weighted by Gasteiger charge is -2.29. The Hall–Kier alpha value is -5.91. The number of halogens is 1. The molecule has 0 saturated carbocycles. The van der Waals surface area contributed by atoms with Crippen molar-refractivity contribution in [3.05, 3.63) is 178 Å². The minimum atomic E-state index is -0.0182. The molecule has 4 nitrogen and oxygen atoms in total. The normalized spacial score (nSPS) is 12.5. The number of anilines is 3. The predicted octanol–water partition coefficient (Wildman–Crippen LogP) is 16.5. The Morgan fingerprint density at radius 3 is 1.65 bits per heavy atom. The van der Waals surface area contributed by atoms with Crippen LogP contribution in [0, 0.1) is 13.8 Å². The highest BCUT2D eigenvalue weighted by atomic mass is 79.9. The third-order valence-corrected chi connectivity index (χ3v) is 13.3. The maximum absolute atomic E-state index is 5.53. The van der Waals surface area contributed by atoms with Crippen molar-refractivity contribution in [2.75, 3.05) is 4.90 Å². The van der Waals surface area contributed by atoms with Crippen molar-refractivity contribution in [3.8, 4) is 22.8 Å². The summed E-state index contributed by atoms with van der Waals surface area (Å²) in [5.41, 5.74) is 17.2. The van der Waals surface area contributed by atoms with E-state index in [-0.39, 0.29) is 16.2 Å². The first-order chi connectivity index (χ1) is 29.4. The number of rotatable bonds is 6. The van der Waals surface area contributed by atoms with Crippen LogP contribution in [-0.2, 0) is 16.2 Å². The number of aryl methyl sites for hydroxylation is 2. The quantitative estimate of drug-likeness (QED) is 0.166. The molecule has 0 aliphatic rings. The largest absolute Gasteiger partial charge is 0.309 e. The summed E-state index contributed by atoms with van der Waals surface area (Å²) >= 11 is 4.28. The van der Waals surface area contributed by atoms with E-state index >= 15 is 0 Å². The Labute approximate surface area is 376 Å². The first kappa shape index (κ1) is 41.4. The Kier molecular flexibility index (Phi) is 10.1. The van der Waals surface area contributed by atoms with Crippen LogP contribution in [-0.4, -0.2) is 14.1 Å². The van der Waals surface area contributed by atoms with Crippen molar-refractivity contribution in [3.63, 3.8) is 0 Å². The van der Waals surface area contributed by atoms with Gasteiger partial charge in [0.05, 0.1) is 37.9 Å². The summed E-state index contributed by atoms with van der Waals surface area (Å²) in [6.07, 6.45) is 0. The molecule has 0 aliphatic heterocycles. The van der Waals surface area contributed by atoms with Crippen LogP contribution in [0.2, 0.25) is 0 Å². The van der Waals surface area contributed by atoms with E-state index in [9.17, 15) is 0 Å². The van der Waals surface area contributed by atoms with Crippen LogP contribution in [0.3, 0.4) is 0 Å².